The topological polar surface area (TPSA) is 61.5 Å². The standard InChI is InChI=1S/C19H23FN4OS/c1-7-24(6)11-22-15-8-13(3)16(9-12(15)2)25-18-14(10-21)17(23-26-18)19(4,5)20/h8-9,11H,7H2,1-6H3. The Morgan fingerprint density at radius 3 is 2.65 bits per heavy atom. The van der Waals surface area contributed by atoms with Crippen LogP contribution in [-0.2, 0) is 5.67 Å². The average Bonchev–Trinajstić information content (AvgIpc) is 2.99. The monoisotopic (exact) mass is 374 g/mol. The lowest BCUT2D eigenvalue weighted by Crippen LogP contribution is -2.14. The summed E-state index contributed by atoms with van der Waals surface area (Å²) >= 11 is 0.987. The van der Waals surface area contributed by atoms with Crippen LogP contribution in [0.5, 0.6) is 10.8 Å². The zero-order chi connectivity index (χ0) is 19.5. The number of nitrogens with zero attached hydrogens (tertiary/aromatic N) is 4. The van der Waals surface area contributed by atoms with Gasteiger partial charge in [0.2, 0.25) is 5.06 Å². The van der Waals surface area contributed by atoms with Gasteiger partial charge in [0.05, 0.1) is 12.0 Å². The number of nitriles is 1. The van der Waals surface area contributed by atoms with Crippen molar-refractivity contribution < 1.29 is 9.13 Å². The van der Waals surface area contributed by atoms with Crippen molar-refractivity contribution in [1.82, 2.24) is 9.27 Å². The van der Waals surface area contributed by atoms with Crippen molar-refractivity contribution in [2.24, 2.45) is 4.99 Å². The third kappa shape index (κ3) is 4.38. The molecule has 2 rings (SSSR count). The maximum absolute atomic E-state index is 14.2. The van der Waals surface area contributed by atoms with Crippen molar-refractivity contribution in [3.63, 3.8) is 0 Å². The second-order valence-electron chi connectivity index (χ2n) is 6.60. The van der Waals surface area contributed by atoms with E-state index < -0.39 is 5.67 Å². The van der Waals surface area contributed by atoms with Gasteiger partial charge < -0.3 is 9.64 Å². The van der Waals surface area contributed by atoms with Gasteiger partial charge in [-0.3, -0.25) is 0 Å². The van der Waals surface area contributed by atoms with Gasteiger partial charge >= 0.3 is 0 Å². The van der Waals surface area contributed by atoms with E-state index in [9.17, 15) is 9.65 Å². The second kappa shape index (κ2) is 7.83. The maximum Gasteiger partial charge on any atom is 0.218 e. The lowest BCUT2D eigenvalue weighted by molar-refractivity contribution is 0.215. The van der Waals surface area contributed by atoms with Crippen LogP contribution in [0.25, 0.3) is 0 Å². The molecule has 5 nitrogen and oxygen atoms in total. The summed E-state index contributed by atoms with van der Waals surface area (Å²) in [7, 11) is 1.96. The van der Waals surface area contributed by atoms with Crippen LogP contribution in [-0.4, -0.2) is 29.2 Å². The number of hydrogen-bond acceptors (Lipinski definition) is 5. The number of ether oxygens (including phenoxy) is 1. The highest BCUT2D eigenvalue weighted by Crippen LogP contribution is 2.39. The van der Waals surface area contributed by atoms with Crippen LogP contribution in [0.1, 0.15) is 43.2 Å². The van der Waals surface area contributed by atoms with Crippen molar-refractivity contribution in [2.45, 2.75) is 40.3 Å². The van der Waals surface area contributed by atoms with Gasteiger partial charge in [0, 0.05) is 25.1 Å². The Morgan fingerprint density at radius 1 is 1.38 bits per heavy atom. The molecule has 1 heterocycles. The molecule has 2 aromatic rings. The van der Waals surface area contributed by atoms with Gasteiger partial charge in [-0.15, -0.1) is 0 Å². The summed E-state index contributed by atoms with van der Waals surface area (Å²) in [5, 5.41) is 9.69. The van der Waals surface area contributed by atoms with Crippen molar-refractivity contribution >= 4 is 23.6 Å². The van der Waals surface area contributed by atoms with Crippen LogP contribution in [0.2, 0.25) is 0 Å². The minimum absolute atomic E-state index is 0.109. The Bertz CT molecular complexity index is 862. The number of aliphatic imine (C=N–C) groups is 1. The maximum atomic E-state index is 14.2. The molecule has 0 radical (unpaired) electrons. The van der Waals surface area contributed by atoms with Crippen LogP contribution >= 0.6 is 11.5 Å². The lowest BCUT2D eigenvalue weighted by atomic mass is 10.0. The Hall–Kier alpha value is -2.46. The molecule has 1 aromatic carbocycles. The summed E-state index contributed by atoms with van der Waals surface area (Å²) < 4.78 is 24.2. The van der Waals surface area contributed by atoms with Gasteiger partial charge in [-0.1, -0.05) is 0 Å². The van der Waals surface area contributed by atoms with E-state index in [2.05, 4.69) is 16.3 Å². The first-order valence-electron chi connectivity index (χ1n) is 8.30. The summed E-state index contributed by atoms with van der Waals surface area (Å²) in [4.78, 5) is 6.47. The van der Waals surface area contributed by atoms with Crippen molar-refractivity contribution in [1.29, 1.82) is 5.26 Å². The molecular weight excluding hydrogens is 351 g/mol. The molecule has 0 fully saturated rings. The molecule has 0 aliphatic heterocycles. The van der Waals surface area contributed by atoms with Crippen LogP contribution in [0.15, 0.2) is 17.1 Å². The summed E-state index contributed by atoms with van der Waals surface area (Å²) in [6, 6.07) is 5.81. The Balaban J connectivity index is 2.35. The zero-order valence-electron chi connectivity index (χ0n) is 15.9. The first kappa shape index (κ1) is 19.9. The van der Waals surface area contributed by atoms with Gasteiger partial charge in [-0.05, 0) is 57.9 Å². The van der Waals surface area contributed by atoms with Gasteiger partial charge in [0.25, 0.3) is 0 Å². The van der Waals surface area contributed by atoms with E-state index in [1.165, 1.54) is 13.8 Å². The number of aryl methyl sites for hydroxylation is 2. The predicted molar refractivity (Wildman–Crippen MR) is 103 cm³/mol. The molecule has 26 heavy (non-hydrogen) atoms. The van der Waals surface area contributed by atoms with Crippen LogP contribution in [0.3, 0.4) is 0 Å². The minimum atomic E-state index is -1.70. The highest BCUT2D eigenvalue weighted by Gasteiger charge is 2.29. The van der Waals surface area contributed by atoms with Crippen LogP contribution < -0.4 is 4.74 Å². The van der Waals surface area contributed by atoms with Crippen molar-refractivity contribution in [3.8, 4) is 16.9 Å². The average molecular weight is 374 g/mol. The van der Waals surface area contributed by atoms with Gasteiger partial charge in [-0.2, -0.15) is 9.64 Å². The van der Waals surface area contributed by atoms with E-state index in [1.807, 2.05) is 44.0 Å². The van der Waals surface area contributed by atoms with Crippen molar-refractivity contribution in [2.75, 3.05) is 13.6 Å². The van der Waals surface area contributed by atoms with E-state index in [-0.39, 0.29) is 11.3 Å². The molecule has 1 aromatic heterocycles. The number of alkyl halides is 1. The fourth-order valence-electron chi connectivity index (χ4n) is 2.21. The molecule has 0 atom stereocenters. The predicted octanol–water partition coefficient (Wildman–Crippen LogP) is 5.24. The van der Waals surface area contributed by atoms with E-state index in [4.69, 9.17) is 4.74 Å². The van der Waals surface area contributed by atoms with E-state index in [1.54, 1.807) is 6.34 Å². The Morgan fingerprint density at radius 2 is 2.08 bits per heavy atom. The molecule has 7 heteroatoms. The fourth-order valence-corrected chi connectivity index (χ4v) is 3.06. The SMILES string of the molecule is CCN(C)C=Nc1cc(C)c(Oc2snc(C(C)(C)F)c2C#N)cc1C. The lowest BCUT2D eigenvalue weighted by Gasteiger charge is -2.13. The molecule has 138 valence electrons. The summed E-state index contributed by atoms with van der Waals surface area (Å²) in [5.74, 6) is 0.605. The molecule has 0 bridgehead atoms. The van der Waals surface area contributed by atoms with Crippen LogP contribution in [0, 0.1) is 25.2 Å². The number of hydrogen-bond donors (Lipinski definition) is 0. The van der Waals surface area contributed by atoms with Crippen molar-refractivity contribution in [3.05, 3.63) is 34.5 Å². The molecule has 0 aliphatic carbocycles. The molecule has 0 saturated carbocycles. The minimum Gasteiger partial charge on any atom is -0.443 e. The quantitative estimate of drug-likeness (QED) is 0.512. The molecule has 0 unspecified atom stereocenters. The third-order valence-corrected chi connectivity index (χ3v) is 4.65. The summed E-state index contributed by atoms with van der Waals surface area (Å²) in [5.41, 5.74) is 1.23. The zero-order valence-corrected chi connectivity index (χ0v) is 16.7. The first-order chi connectivity index (χ1) is 12.2. The number of aromatic nitrogens is 1. The van der Waals surface area contributed by atoms with Crippen LogP contribution in [0.4, 0.5) is 10.1 Å². The molecule has 0 amide bonds. The van der Waals surface area contributed by atoms with Gasteiger partial charge in [0.15, 0.2) is 0 Å². The third-order valence-electron chi connectivity index (χ3n) is 3.92. The van der Waals surface area contributed by atoms with Gasteiger partial charge in [-0.25, -0.2) is 9.38 Å². The molecule has 0 spiro atoms. The normalized spacial score (nSPS) is 11.6. The summed E-state index contributed by atoms with van der Waals surface area (Å²) in [6.07, 6.45) is 1.79. The molecule has 0 saturated heterocycles. The fraction of sp³-hybridized carbons (Fsp3) is 0.421. The smallest absolute Gasteiger partial charge is 0.218 e. The van der Waals surface area contributed by atoms with Gasteiger partial charge in [0.1, 0.15) is 28.7 Å². The van der Waals surface area contributed by atoms with E-state index >= 15 is 0 Å². The summed E-state index contributed by atoms with van der Waals surface area (Å²) in [6.45, 7) is 9.53. The molecule has 0 N–H and O–H groups in total. The number of halogens is 1. The highest BCUT2D eigenvalue weighted by atomic mass is 32.1. The second-order valence-corrected chi connectivity index (χ2v) is 7.34. The first-order valence-corrected chi connectivity index (χ1v) is 9.07. The molecular formula is C19H23FN4OS. The van der Waals surface area contributed by atoms with E-state index in [0.29, 0.717) is 10.8 Å². The van der Waals surface area contributed by atoms with E-state index in [0.717, 1.165) is 34.9 Å². The Kier molecular flexibility index (Phi) is 5.98. The Labute approximate surface area is 157 Å². The number of rotatable bonds is 6. The highest BCUT2D eigenvalue weighted by molar-refractivity contribution is 7.08. The molecule has 0 aliphatic rings. The largest absolute Gasteiger partial charge is 0.443 e. The number of benzene rings is 1.